The van der Waals surface area contributed by atoms with Gasteiger partial charge < -0.3 is 5.32 Å². The van der Waals surface area contributed by atoms with Crippen LogP contribution in [-0.2, 0) is 32.4 Å². The SMILES string of the molecule is CCc1cccc(CN(C[C@H]2Cc3ccccc3CN2)C2CCCc3cccnc32)c1. The molecule has 0 amide bonds. The van der Waals surface area contributed by atoms with Crippen LogP contribution in [-0.4, -0.2) is 22.5 Å². The maximum atomic E-state index is 4.86. The third kappa shape index (κ3) is 4.58. The van der Waals surface area contributed by atoms with Crippen molar-refractivity contribution in [2.45, 2.75) is 64.2 Å². The van der Waals surface area contributed by atoms with Crippen LogP contribution >= 0.6 is 0 Å². The molecule has 0 saturated carbocycles. The second-order valence-electron chi connectivity index (χ2n) is 9.11. The van der Waals surface area contributed by atoms with Gasteiger partial charge in [0.15, 0.2) is 0 Å². The smallest absolute Gasteiger partial charge is 0.0607 e. The lowest BCUT2D eigenvalue weighted by atomic mass is 9.89. The zero-order valence-electron chi connectivity index (χ0n) is 18.6. The third-order valence-corrected chi connectivity index (χ3v) is 7.01. The summed E-state index contributed by atoms with van der Waals surface area (Å²) in [6.07, 6.45) is 7.76. The van der Waals surface area contributed by atoms with Gasteiger partial charge in [0.2, 0.25) is 0 Å². The monoisotopic (exact) mass is 411 g/mol. The molecule has 2 aromatic carbocycles. The fourth-order valence-corrected chi connectivity index (χ4v) is 5.36. The highest BCUT2D eigenvalue weighted by Crippen LogP contribution is 2.34. The van der Waals surface area contributed by atoms with Crippen LogP contribution in [0.15, 0.2) is 66.9 Å². The Bertz CT molecular complexity index is 1030. The van der Waals surface area contributed by atoms with E-state index in [1.54, 1.807) is 0 Å². The number of rotatable bonds is 6. The number of hydrogen-bond acceptors (Lipinski definition) is 3. The minimum atomic E-state index is 0.397. The molecule has 3 aromatic rings. The molecule has 0 saturated heterocycles. The molecular formula is C28H33N3. The van der Waals surface area contributed by atoms with Crippen LogP contribution < -0.4 is 5.32 Å². The minimum absolute atomic E-state index is 0.397. The Morgan fingerprint density at radius 3 is 2.71 bits per heavy atom. The average molecular weight is 412 g/mol. The van der Waals surface area contributed by atoms with E-state index in [0.717, 1.165) is 38.9 Å². The van der Waals surface area contributed by atoms with Gasteiger partial charge in [0.05, 0.1) is 11.7 Å². The summed E-state index contributed by atoms with van der Waals surface area (Å²) in [7, 11) is 0. The van der Waals surface area contributed by atoms with E-state index in [9.17, 15) is 0 Å². The Balaban J connectivity index is 1.42. The van der Waals surface area contributed by atoms with E-state index in [4.69, 9.17) is 4.98 Å². The molecule has 160 valence electrons. The van der Waals surface area contributed by atoms with Crippen molar-refractivity contribution in [2.75, 3.05) is 6.54 Å². The van der Waals surface area contributed by atoms with Crippen LogP contribution in [0, 0.1) is 0 Å². The third-order valence-electron chi connectivity index (χ3n) is 7.01. The lowest BCUT2D eigenvalue weighted by Crippen LogP contribution is -2.46. The Morgan fingerprint density at radius 1 is 0.968 bits per heavy atom. The molecule has 3 nitrogen and oxygen atoms in total. The summed E-state index contributed by atoms with van der Waals surface area (Å²) in [5.74, 6) is 0. The summed E-state index contributed by atoms with van der Waals surface area (Å²) >= 11 is 0. The largest absolute Gasteiger partial charge is 0.308 e. The van der Waals surface area contributed by atoms with Crippen molar-refractivity contribution in [1.29, 1.82) is 0 Å². The Hall–Kier alpha value is -2.49. The van der Waals surface area contributed by atoms with Gasteiger partial charge in [-0.15, -0.1) is 0 Å². The molecule has 2 aliphatic rings. The van der Waals surface area contributed by atoms with Crippen LogP contribution in [0.5, 0.6) is 0 Å². The van der Waals surface area contributed by atoms with Gasteiger partial charge in [0, 0.05) is 31.9 Å². The van der Waals surface area contributed by atoms with E-state index >= 15 is 0 Å². The maximum absolute atomic E-state index is 4.86. The molecule has 3 heteroatoms. The number of nitrogens with zero attached hydrogens (tertiary/aromatic N) is 2. The second-order valence-corrected chi connectivity index (χ2v) is 9.11. The van der Waals surface area contributed by atoms with E-state index in [1.165, 1.54) is 46.4 Å². The van der Waals surface area contributed by atoms with Gasteiger partial charge >= 0.3 is 0 Å². The molecule has 1 aliphatic heterocycles. The van der Waals surface area contributed by atoms with Crippen molar-refractivity contribution in [3.63, 3.8) is 0 Å². The van der Waals surface area contributed by atoms with Crippen molar-refractivity contribution in [1.82, 2.24) is 15.2 Å². The number of nitrogens with one attached hydrogen (secondary N) is 1. The van der Waals surface area contributed by atoms with Crippen molar-refractivity contribution in [3.05, 3.63) is 100 Å². The van der Waals surface area contributed by atoms with E-state index in [0.29, 0.717) is 12.1 Å². The quantitative estimate of drug-likeness (QED) is 0.601. The zero-order chi connectivity index (χ0) is 21.0. The summed E-state index contributed by atoms with van der Waals surface area (Å²) in [6, 6.07) is 23.3. The highest BCUT2D eigenvalue weighted by Gasteiger charge is 2.30. The fraction of sp³-hybridized carbons (Fsp3) is 0.393. The van der Waals surface area contributed by atoms with Crippen molar-refractivity contribution in [3.8, 4) is 0 Å². The highest BCUT2D eigenvalue weighted by molar-refractivity contribution is 5.31. The number of pyridine rings is 1. The molecule has 0 radical (unpaired) electrons. The summed E-state index contributed by atoms with van der Waals surface area (Å²) in [5, 5.41) is 3.82. The first kappa shape index (κ1) is 20.4. The Kier molecular flexibility index (Phi) is 6.15. The van der Waals surface area contributed by atoms with E-state index in [-0.39, 0.29) is 0 Å². The Morgan fingerprint density at radius 2 is 1.81 bits per heavy atom. The summed E-state index contributed by atoms with van der Waals surface area (Å²) in [5.41, 5.74) is 8.53. The van der Waals surface area contributed by atoms with Crippen molar-refractivity contribution < 1.29 is 0 Å². The predicted octanol–water partition coefficient (Wildman–Crippen LogP) is 5.24. The van der Waals surface area contributed by atoms with Gasteiger partial charge in [-0.2, -0.15) is 0 Å². The van der Waals surface area contributed by atoms with Crippen LogP contribution in [0.4, 0.5) is 0 Å². The second kappa shape index (κ2) is 9.33. The zero-order valence-corrected chi connectivity index (χ0v) is 18.6. The van der Waals surface area contributed by atoms with Gasteiger partial charge in [0.25, 0.3) is 0 Å². The summed E-state index contributed by atoms with van der Waals surface area (Å²) in [6.45, 7) is 5.24. The van der Waals surface area contributed by atoms with Crippen molar-refractivity contribution >= 4 is 0 Å². The van der Waals surface area contributed by atoms with Crippen LogP contribution in [0.3, 0.4) is 0 Å². The minimum Gasteiger partial charge on any atom is -0.308 e. The molecule has 0 spiro atoms. The van der Waals surface area contributed by atoms with Gasteiger partial charge in [-0.3, -0.25) is 9.88 Å². The lowest BCUT2D eigenvalue weighted by Gasteiger charge is -2.38. The molecule has 31 heavy (non-hydrogen) atoms. The molecule has 1 unspecified atom stereocenters. The number of aromatic nitrogens is 1. The molecule has 1 N–H and O–H groups in total. The first-order chi connectivity index (χ1) is 15.3. The molecule has 0 fully saturated rings. The van der Waals surface area contributed by atoms with Crippen LogP contribution in [0.25, 0.3) is 0 Å². The van der Waals surface area contributed by atoms with Gasteiger partial charge in [0.1, 0.15) is 0 Å². The molecule has 1 aromatic heterocycles. The first-order valence-electron chi connectivity index (χ1n) is 11.9. The predicted molar refractivity (Wildman–Crippen MR) is 127 cm³/mol. The summed E-state index contributed by atoms with van der Waals surface area (Å²) < 4.78 is 0. The standard InChI is InChI=1S/C28H33N3/c1-2-21-8-5-9-22(16-21)19-31(27-14-6-12-23-13-7-15-29-28(23)27)20-26-17-24-10-3-4-11-25(24)18-30-26/h3-5,7-11,13,15-16,26-27,30H,2,6,12,14,17-20H2,1H3/t26-,27?/m1/s1. The Labute approximate surface area is 186 Å². The molecule has 2 heterocycles. The van der Waals surface area contributed by atoms with Gasteiger partial charge in [-0.05, 0) is 66.0 Å². The molecule has 1 aliphatic carbocycles. The molecule has 2 atom stereocenters. The topological polar surface area (TPSA) is 28.2 Å². The summed E-state index contributed by atoms with van der Waals surface area (Å²) in [4.78, 5) is 7.56. The molecule has 5 rings (SSSR count). The lowest BCUT2D eigenvalue weighted by molar-refractivity contribution is 0.145. The number of hydrogen-bond donors (Lipinski definition) is 1. The number of benzene rings is 2. The average Bonchev–Trinajstić information content (AvgIpc) is 2.83. The number of aryl methyl sites for hydroxylation is 2. The fourth-order valence-electron chi connectivity index (χ4n) is 5.36. The van der Waals surface area contributed by atoms with Gasteiger partial charge in [-0.1, -0.05) is 61.5 Å². The van der Waals surface area contributed by atoms with Crippen molar-refractivity contribution in [2.24, 2.45) is 0 Å². The van der Waals surface area contributed by atoms with Crippen LogP contribution in [0.2, 0.25) is 0 Å². The highest BCUT2D eigenvalue weighted by atomic mass is 15.2. The van der Waals surface area contributed by atoms with Gasteiger partial charge in [-0.25, -0.2) is 0 Å². The first-order valence-corrected chi connectivity index (χ1v) is 11.9. The van der Waals surface area contributed by atoms with E-state index in [2.05, 4.69) is 77.8 Å². The van der Waals surface area contributed by atoms with Crippen LogP contribution in [0.1, 0.15) is 59.3 Å². The molecular weight excluding hydrogens is 378 g/mol. The van der Waals surface area contributed by atoms with E-state index < -0.39 is 0 Å². The van der Waals surface area contributed by atoms with E-state index in [1.807, 2.05) is 6.20 Å². The normalized spacial score (nSPS) is 20.3. The maximum Gasteiger partial charge on any atom is 0.0607 e. The number of fused-ring (bicyclic) bond motifs is 2. The molecule has 0 bridgehead atoms.